The van der Waals surface area contributed by atoms with Gasteiger partial charge in [0.05, 0.1) is 40.5 Å². The third kappa shape index (κ3) is 11.8. The van der Waals surface area contributed by atoms with Crippen LogP contribution in [0.25, 0.3) is 10.9 Å². The number of hydrogen-bond donors (Lipinski definition) is 5. The van der Waals surface area contributed by atoms with E-state index in [1.165, 1.54) is 12.1 Å². The summed E-state index contributed by atoms with van der Waals surface area (Å²) in [5, 5.41) is 6.18. The van der Waals surface area contributed by atoms with Crippen LogP contribution in [0.15, 0.2) is 60.8 Å². The highest BCUT2D eigenvalue weighted by Gasteiger charge is 2.29. The summed E-state index contributed by atoms with van der Waals surface area (Å²) in [5.74, 6) is -0.769. The second kappa shape index (κ2) is 16.6. The number of aromatic nitrogens is 1. The van der Waals surface area contributed by atoms with E-state index in [-0.39, 0.29) is 12.5 Å². The van der Waals surface area contributed by atoms with Crippen LogP contribution in [0.4, 0.5) is 18.9 Å². The minimum Gasteiger partial charge on any atom is -0.364 e. The molecule has 3 rings (SSSR count). The number of rotatable bonds is 11. The minimum atomic E-state index is -4.21. The van der Waals surface area contributed by atoms with Gasteiger partial charge in [0, 0.05) is 31.6 Å². The van der Waals surface area contributed by atoms with Crippen molar-refractivity contribution < 1.29 is 22.8 Å². The number of benzene rings is 2. The Balaban J connectivity index is 0.000000446. The molecule has 0 aliphatic carbocycles. The second-order valence-corrected chi connectivity index (χ2v) is 9.62. The Morgan fingerprint density at radius 3 is 2.29 bits per heavy atom. The van der Waals surface area contributed by atoms with E-state index in [1.54, 1.807) is 13.1 Å². The van der Waals surface area contributed by atoms with Gasteiger partial charge in [0.1, 0.15) is 0 Å². The number of nitrogens with two attached hydrogens (primary N) is 3. The Labute approximate surface area is 242 Å². The molecule has 1 unspecified atom stereocenters. The number of hydrogen-bond acceptors (Lipinski definition) is 7. The lowest BCUT2D eigenvalue weighted by Crippen LogP contribution is -2.44. The summed E-state index contributed by atoms with van der Waals surface area (Å²) in [6, 6.07) is 13.7. The topological polar surface area (TPSA) is 152 Å². The first-order chi connectivity index (χ1) is 19.4. The Kier molecular flexibility index (Phi) is 13.6. The van der Waals surface area contributed by atoms with Gasteiger partial charge in [-0.2, -0.15) is 13.2 Å². The Morgan fingerprint density at radius 1 is 1.05 bits per heavy atom. The normalized spacial score (nSPS) is 11.7. The number of fused-ring (bicyclic) bond motifs is 1. The summed E-state index contributed by atoms with van der Waals surface area (Å²) < 4.78 is 35.8. The molecule has 222 valence electrons. The number of anilines is 1. The zero-order valence-electron chi connectivity index (χ0n) is 22.8. The zero-order chi connectivity index (χ0) is 30.4. The Morgan fingerprint density at radius 2 is 1.68 bits per heavy atom. The van der Waals surface area contributed by atoms with Crippen LogP contribution in [0.1, 0.15) is 24.0 Å². The number of aryl methyl sites for hydroxylation is 1. The molecule has 0 saturated carbocycles. The Hall–Kier alpha value is -3.65. The maximum atomic E-state index is 12.2. The maximum Gasteiger partial charge on any atom is 0.416 e. The summed E-state index contributed by atoms with van der Waals surface area (Å²) in [4.78, 5) is 31.2. The highest BCUT2D eigenvalue weighted by atomic mass is 32.1. The monoisotopic (exact) mass is 591 g/mol. The summed E-state index contributed by atoms with van der Waals surface area (Å²) >= 11 is 5.38. The molecule has 0 fully saturated rings. The van der Waals surface area contributed by atoms with Crippen molar-refractivity contribution in [1.29, 1.82) is 0 Å². The fourth-order valence-corrected chi connectivity index (χ4v) is 3.93. The van der Waals surface area contributed by atoms with Crippen LogP contribution in [0, 0.1) is 6.92 Å². The fraction of sp³-hybridized carbons (Fsp3) is 0.357. The zero-order valence-corrected chi connectivity index (χ0v) is 23.6. The van der Waals surface area contributed by atoms with Crippen molar-refractivity contribution in [2.75, 3.05) is 38.0 Å². The van der Waals surface area contributed by atoms with Crippen LogP contribution in [0.5, 0.6) is 0 Å². The van der Waals surface area contributed by atoms with E-state index in [0.717, 1.165) is 28.6 Å². The van der Waals surface area contributed by atoms with Gasteiger partial charge in [-0.3, -0.25) is 14.6 Å². The van der Waals surface area contributed by atoms with Crippen molar-refractivity contribution in [3.05, 3.63) is 71.9 Å². The van der Waals surface area contributed by atoms with Gasteiger partial charge in [0.15, 0.2) is 0 Å². The van der Waals surface area contributed by atoms with Crippen molar-refractivity contribution in [2.45, 2.75) is 32.0 Å². The molecule has 41 heavy (non-hydrogen) atoms. The van der Waals surface area contributed by atoms with Gasteiger partial charge < -0.3 is 32.7 Å². The van der Waals surface area contributed by atoms with Crippen molar-refractivity contribution in [3.8, 4) is 0 Å². The number of para-hydroxylation sites is 1. The molecule has 13 heteroatoms. The van der Waals surface area contributed by atoms with E-state index >= 15 is 0 Å². The van der Waals surface area contributed by atoms with Gasteiger partial charge >= 0.3 is 6.18 Å². The number of halogens is 3. The lowest BCUT2D eigenvalue weighted by atomic mass is 10.1. The molecular formula is C28H36F3N7O2S. The average Bonchev–Trinajstić information content (AvgIpc) is 2.94. The number of pyridine rings is 1. The molecule has 8 N–H and O–H groups in total. The summed E-state index contributed by atoms with van der Waals surface area (Å²) in [7, 11) is 0. The van der Waals surface area contributed by atoms with Crippen LogP contribution in [-0.2, 0) is 15.8 Å². The fourth-order valence-electron chi connectivity index (χ4n) is 3.63. The van der Waals surface area contributed by atoms with Crippen LogP contribution in [0.2, 0.25) is 0 Å². The lowest BCUT2D eigenvalue weighted by molar-refractivity contribution is -0.137. The average molecular weight is 592 g/mol. The predicted molar refractivity (Wildman–Crippen MR) is 159 cm³/mol. The van der Waals surface area contributed by atoms with Gasteiger partial charge in [-0.15, -0.1) is 0 Å². The smallest absolute Gasteiger partial charge is 0.364 e. The first-order valence-corrected chi connectivity index (χ1v) is 13.3. The third-order valence-electron chi connectivity index (χ3n) is 5.83. The van der Waals surface area contributed by atoms with E-state index in [0.29, 0.717) is 49.7 Å². The maximum absolute atomic E-state index is 12.2. The molecule has 1 atom stereocenters. The molecule has 2 amide bonds. The minimum absolute atomic E-state index is 0.184. The van der Waals surface area contributed by atoms with Gasteiger partial charge in [-0.1, -0.05) is 48.1 Å². The van der Waals surface area contributed by atoms with E-state index < -0.39 is 23.7 Å². The Bertz CT molecular complexity index is 1280. The van der Waals surface area contributed by atoms with E-state index in [4.69, 9.17) is 29.4 Å². The molecule has 3 aromatic rings. The van der Waals surface area contributed by atoms with Gasteiger partial charge in [0.2, 0.25) is 11.8 Å². The second-order valence-electron chi connectivity index (χ2n) is 9.15. The van der Waals surface area contributed by atoms with Gasteiger partial charge in [-0.25, -0.2) is 0 Å². The van der Waals surface area contributed by atoms with E-state index in [2.05, 4.69) is 15.6 Å². The largest absolute Gasteiger partial charge is 0.416 e. The molecular weight excluding hydrogens is 555 g/mol. The standard InChI is InChI=1S/C20H29N7O2S.C8H7F3/c21-7-9-27(10-8-22)19(30)6-5-16(23)20(29)25-13-18(28)26-15-11-14-3-1-2-4-17(14)24-12-15;1-6-2-4-7(5-3-6)8(9,10)11/h1-4,11-12,16H,5-10,13,21-23H2,(H,25,29)(H,26,28);2-5H,1H3. The van der Waals surface area contributed by atoms with Crippen molar-refractivity contribution in [3.63, 3.8) is 0 Å². The summed E-state index contributed by atoms with van der Waals surface area (Å²) in [6.45, 7) is 3.72. The third-order valence-corrected chi connectivity index (χ3v) is 6.30. The van der Waals surface area contributed by atoms with Crippen molar-refractivity contribution >= 4 is 45.6 Å². The molecule has 0 radical (unpaired) electrons. The van der Waals surface area contributed by atoms with E-state index in [1.807, 2.05) is 35.2 Å². The number of nitrogens with zero attached hydrogens (tertiary/aromatic N) is 2. The molecule has 0 aliphatic rings. The molecule has 0 saturated heterocycles. The SMILES string of the molecule is Cc1ccc(C(F)(F)F)cc1.NCCN(CCN)C(=S)CCC(N)C(=O)NCC(=O)Nc1cnc2ccccc2c1. The summed E-state index contributed by atoms with van der Waals surface area (Å²) in [6.07, 6.45) is -1.80. The predicted octanol–water partition coefficient (Wildman–Crippen LogP) is 2.96. The van der Waals surface area contributed by atoms with Crippen LogP contribution < -0.4 is 27.8 Å². The molecule has 1 heterocycles. The van der Waals surface area contributed by atoms with Crippen molar-refractivity contribution in [1.82, 2.24) is 15.2 Å². The van der Waals surface area contributed by atoms with Crippen molar-refractivity contribution in [2.24, 2.45) is 17.2 Å². The number of carbonyl (C=O) groups is 2. The number of thiocarbonyl (C=S) groups is 1. The quantitative estimate of drug-likeness (QED) is 0.214. The molecule has 2 aromatic carbocycles. The summed E-state index contributed by atoms with van der Waals surface area (Å²) in [5.41, 5.74) is 18.7. The highest BCUT2D eigenvalue weighted by Crippen LogP contribution is 2.28. The van der Waals surface area contributed by atoms with Crippen LogP contribution in [-0.4, -0.2) is 65.5 Å². The first-order valence-electron chi connectivity index (χ1n) is 12.9. The highest BCUT2D eigenvalue weighted by molar-refractivity contribution is 7.80. The first kappa shape index (κ1) is 33.6. The van der Waals surface area contributed by atoms with Gasteiger partial charge in [0.25, 0.3) is 0 Å². The molecule has 0 spiro atoms. The molecule has 9 nitrogen and oxygen atoms in total. The van der Waals surface area contributed by atoms with Gasteiger partial charge in [-0.05, 0) is 44.0 Å². The number of carbonyl (C=O) groups excluding carboxylic acids is 2. The number of amides is 2. The lowest BCUT2D eigenvalue weighted by Gasteiger charge is -2.24. The van der Waals surface area contributed by atoms with Crippen LogP contribution in [0.3, 0.4) is 0 Å². The molecule has 1 aromatic heterocycles. The van der Waals surface area contributed by atoms with Crippen LogP contribution >= 0.6 is 12.2 Å². The van der Waals surface area contributed by atoms with E-state index in [9.17, 15) is 22.8 Å². The molecule has 0 aliphatic heterocycles. The number of alkyl halides is 3. The molecule has 0 bridgehead atoms. The number of nitrogens with one attached hydrogen (secondary N) is 2.